The van der Waals surface area contributed by atoms with Gasteiger partial charge < -0.3 is 14.5 Å². The largest absolute Gasteiger partial charge is 0.501 e. The van der Waals surface area contributed by atoms with Crippen LogP contribution in [0.1, 0.15) is 38.9 Å². The Morgan fingerprint density at radius 3 is 2.68 bits per heavy atom. The van der Waals surface area contributed by atoms with Gasteiger partial charge in [0.2, 0.25) is 5.91 Å². The monoisotopic (exact) mass is 263 g/mol. The molecule has 1 aromatic heterocycles. The number of amides is 1. The molecule has 0 saturated heterocycles. The number of furan rings is 1. The van der Waals surface area contributed by atoms with Gasteiger partial charge in [-0.15, -0.1) is 0 Å². The molecule has 1 aliphatic heterocycles. The first-order chi connectivity index (χ1) is 8.91. The van der Waals surface area contributed by atoms with Crippen LogP contribution in [0, 0.1) is 5.41 Å². The van der Waals surface area contributed by atoms with Gasteiger partial charge in [-0.05, 0) is 23.6 Å². The summed E-state index contributed by atoms with van der Waals surface area (Å²) in [6.45, 7) is 6.33. The van der Waals surface area contributed by atoms with Gasteiger partial charge in [-0.3, -0.25) is 4.79 Å². The Bertz CT molecular complexity index is 468. The van der Waals surface area contributed by atoms with Crippen LogP contribution in [-0.2, 0) is 9.53 Å². The van der Waals surface area contributed by atoms with Gasteiger partial charge in [0.25, 0.3) is 0 Å². The molecule has 0 aliphatic carbocycles. The number of carbonyl (C=O) groups excluding carboxylic acids is 1. The van der Waals surface area contributed by atoms with Crippen LogP contribution >= 0.6 is 0 Å². The molecule has 2 rings (SSSR count). The predicted molar refractivity (Wildman–Crippen MR) is 72.5 cm³/mol. The second kappa shape index (κ2) is 5.11. The van der Waals surface area contributed by atoms with Crippen LogP contribution in [0.15, 0.2) is 34.6 Å². The quantitative estimate of drug-likeness (QED) is 0.892. The lowest BCUT2D eigenvalue weighted by Gasteiger charge is -2.34. The van der Waals surface area contributed by atoms with Crippen molar-refractivity contribution in [2.45, 2.75) is 39.2 Å². The maximum atomic E-state index is 12.0. The second-order valence-corrected chi connectivity index (χ2v) is 5.97. The zero-order chi connectivity index (χ0) is 14.0. The number of hydrogen-bond acceptors (Lipinski definition) is 3. The molecule has 0 bridgehead atoms. The van der Waals surface area contributed by atoms with Crippen molar-refractivity contribution in [3.63, 3.8) is 0 Å². The Kier molecular flexibility index (Phi) is 3.69. The first-order valence-corrected chi connectivity index (χ1v) is 6.49. The molecule has 4 nitrogen and oxygen atoms in total. The predicted octanol–water partition coefficient (Wildman–Crippen LogP) is 2.83. The summed E-state index contributed by atoms with van der Waals surface area (Å²) in [5, 5.41) is 3.09. The third-order valence-electron chi connectivity index (χ3n) is 3.44. The summed E-state index contributed by atoms with van der Waals surface area (Å²) in [7, 11) is 1.59. The highest BCUT2D eigenvalue weighted by Crippen LogP contribution is 2.35. The van der Waals surface area contributed by atoms with Crippen molar-refractivity contribution in [2.24, 2.45) is 5.41 Å². The molecule has 1 aromatic rings. The standard InChI is InChI=1S/C15H21NO3/c1-15(2,3)14-11(12-6-5-7-19-12)8-10(18-4)9-13(17)16-14/h5-8,11,14H,9H2,1-4H3,(H,16,17)/t11-,14+/m0/s1. The van der Waals surface area contributed by atoms with Gasteiger partial charge in [-0.25, -0.2) is 0 Å². The van der Waals surface area contributed by atoms with E-state index < -0.39 is 0 Å². The molecule has 1 amide bonds. The van der Waals surface area contributed by atoms with Crippen LogP contribution in [0.4, 0.5) is 0 Å². The molecule has 0 radical (unpaired) electrons. The topological polar surface area (TPSA) is 51.5 Å². The van der Waals surface area contributed by atoms with Gasteiger partial charge in [-0.1, -0.05) is 20.8 Å². The fraction of sp³-hybridized carbons (Fsp3) is 0.533. The van der Waals surface area contributed by atoms with Crippen LogP contribution in [-0.4, -0.2) is 19.1 Å². The molecule has 1 N–H and O–H groups in total. The van der Waals surface area contributed by atoms with Crippen LogP contribution in [0.2, 0.25) is 0 Å². The van der Waals surface area contributed by atoms with Crippen molar-refractivity contribution in [1.82, 2.24) is 5.32 Å². The number of carbonyl (C=O) groups is 1. The molecule has 0 fully saturated rings. The maximum Gasteiger partial charge on any atom is 0.227 e. The molecule has 1 aliphatic rings. The molecule has 0 saturated carbocycles. The molecular weight excluding hydrogens is 242 g/mol. The minimum absolute atomic E-state index is 0.0120. The SMILES string of the molecule is COC1=C[C@@H](c2ccco2)[C@H](C(C)(C)C)NC(=O)C1. The van der Waals surface area contributed by atoms with Crippen LogP contribution < -0.4 is 5.32 Å². The number of methoxy groups -OCH3 is 1. The maximum absolute atomic E-state index is 12.0. The minimum Gasteiger partial charge on any atom is -0.501 e. The molecule has 2 atom stereocenters. The molecular formula is C15H21NO3. The van der Waals surface area contributed by atoms with Gasteiger partial charge in [0.15, 0.2) is 0 Å². The molecule has 2 heterocycles. The zero-order valence-corrected chi connectivity index (χ0v) is 11.9. The number of rotatable bonds is 2. The first-order valence-electron chi connectivity index (χ1n) is 6.49. The van der Waals surface area contributed by atoms with Crippen molar-refractivity contribution in [3.05, 3.63) is 36.0 Å². The van der Waals surface area contributed by atoms with Gasteiger partial charge in [0, 0.05) is 6.04 Å². The lowest BCUT2D eigenvalue weighted by Crippen LogP contribution is -2.46. The molecule has 0 unspecified atom stereocenters. The Hall–Kier alpha value is -1.71. The van der Waals surface area contributed by atoms with E-state index >= 15 is 0 Å². The lowest BCUT2D eigenvalue weighted by molar-refractivity contribution is -0.122. The number of nitrogens with one attached hydrogen (secondary N) is 1. The van der Waals surface area contributed by atoms with E-state index in [9.17, 15) is 4.79 Å². The smallest absolute Gasteiger partial charge is 0.227 e. The van der Waals surface area contributed by atoms with E-state index in [1.165, 1.54) is 0 Å². The molecule has 4 heteroatoms. The van der Waals surface area contributed by atoms with Gasteiger partial charge in [0.1, 0.15) is 11.5 Å². The fourth-order valence-electron chi connectivity index (χ4n) is 2.45. The second-order valence-electron chi connectivity index (χ2n) is 5.97. The molecule has 0 spiro atoms. The Morgan fingerprint density at radius 1 is 1.42 bits per heavy atom. The van der Waals surface area contributed by atoms with E-state index in [-0.39, 0.29) is 29.7 Å². The Labute approximate surface area is 113 Å². The third kappa shape index (κ3) is 3.00. The van der Waals surface area contributed by atoms with Gasteiger partial charge >= 0.3 is 0 Å². The summed E-state index contributed by atoms with van der Waals surface area (Å²) in [4.78, 5) is 12.0. The fourth-order valence-corrected chi connectivity index (χ4v) is 2.45. The average molecular weight is 263 g/mol. The van der Waals surface area contributed by atoms with Crippen molar-refractivity contribution < 1.29 is 13.9 Å². The van der Waals surface area contributed by atoms with E-state index in [1.807, 2.05) is 18.2 Å². The van der Waals surface area contributed by atoms with Crippen molar-refractivity contribution in [2.75, 3.05) is 7.11 Å². The Balaban J connectivity index is 2.44. The highest BCUT2D eigenvalue weighted by Gasteiger charge is 2.37. The van der Waals surface area contributed by atoms with Crippen LogP contribution in [0.25, 0.3) is 0 Å². The summed E-state index contributed by atoms with van der Waals surface area (Å²) >= 11 is 0. The summed E-state index contributed by atoms with van der Waals surface area (Å²) < 4.78 is 10.8. The summed E-state index contributed by atoms with van der Waals surface area (Å²) in [5.41, 5.74) is -0.0766. The van der Waals surface area contributed by atoms with Crippen LogP contribution in [0.5, 0.6) is 0 Å². The first kappa shape index (κ1) is 13.7. The van der Waals surface area contributed by atoms with Crippen molar-refractivity contribution >= 4 is 5.91 Å². The third-order valence-corrected chi connectivity index (χ3v) is 3.44. The minimum atomic E-state index is -0.0766. The summed E-state index contributed by atoms with van der Waals surface area (Å²) in [6, 6.07) is 3.77. The van der Waals surface area contributed by atoms with E-state index in [0.29, 0.717) is 5.76 Å². The Morgan fingerprint density at radius 2 is 2.16 bits per heavy atom. The summed E-state index contributed by atoms with van der Waals surface area (Å²) in [6.07, 6.45) is 3.93. The summed E-state index contributed by atoms with van der Waals surface area (Å²) in [5.74, 6) is 1.50. The molecule has 19 heavy (non-hydrogen) atoms. The lowest BCUT2D eigenvalue weighted by atomic mass is 9.78. The molecule has 104 valence electrons. The van der Waals surface area contributed by atoms with Crippen LogP contribution in [0.3, 0.4) is 0 Å². The number of hydrogen-bond donors (Lipinski definition) is 1. The zero-order valence-electron chi connectivity index (χ0n) is 11.9. The van der Waals surface area contributed by atoms with Gasteiger partial charge in [-0.2, -0.15) is 0 Å². The van der Waals surface area contributed by atoms with Gasteiger partial charge in [0.05, 0.1) is 25.7 Å². The van der Waals surface area contributed by atoms with Crippen molar-refractivity contribution in [1.29, 1.82) is 0 Å². The molecule has 0 aromatic carbocycles. The average Bonchev–Trinajstić information content (AvgIpc) is 2.78. The highest BCUT2D eigenvalue weighted by molar-refractivity contribution is 5.79. The van der Waals surface area contributed by atoms with E-state index in [0.717, 1.165) is 5.76 Å². The highest BCUT2D eigenvalue weighted by atomic mass is 16.5. The van der Waals surface area contributed by atoms with E-state index in [4.69, 9.17) is 9.15 Å². The van der Waals surface area contributed by atoms with E-state index in [1.54, 1.807) is 13.4 Å². The normalized spacial score (nSPS) is 24.4. The van der Waals surface area contributed by atoms with E-state index in [2.05, 4.69) is 26.1 Å². The van der Waals surface area contributed by atoms with Crippen molar-refractivity contribution in [3.8, 4) is 0 Å². The number of ether oxygens (including phenoxy) is 1.